The number of rotatable bonds is 1. The summed E-state index contributed by atoms with van der Waals surface area (Å²) in [4.78, 5) is 18.4. The number of carbonyl (C=O) groups excluding carboxylic acids is 1. The Balaban J connectivity index is 1.87. The second-order valence-corrected chi connectivity index (χ2v) is 7.13. The number of benzene rings is 4. The molecule has 6 rings (SSSR count). The number of hydrogen-bond donors (Lipinski definition) is 0. The Hall–Kier alpha value is -3.78. The van der Waals surface area contributed by atoms with Gasteiger partial charge in [0, 0.05) is 22.1 Å². The van der Waals surface area contributed by atoms with Gasteiger partial charge in [-0.25, -0.2) is 4.98 Å². The van der Waals surface area contributed by atoms with Crippen LogP contribution in [0.1, 0.15) is 15.9 Å². The molecule has 0 amide bonds. The fourth-order valence-corrected chi connectivity index (χ4v) is 4.37. The van der Waals surface area contributed by atoms with Gasteiger partial charge in [-0.3, -0.25) is 4.79 Å². The van der Waals surface area contributed by atoms with Crippen LogP contribution in [0.15, 0.2) is 91.0 Å². The Morgan fingerprint density at radius 2 is 1.32 bits per heavy atom. The van der Waals surface area contributed by atoms with Gasteiger partial charge in [-0.1, -0.05) is 84.9 Å². The zero-order valence-corrected chi connectivity index (χ0v) is 15.0. The second-order valence-electron chi connectivity index (χ2n) is 7.13. The van der Waals surface area contributed by atoms with Gasteiger partial charge in [0.05, 0.1) is 16.8 Å². The lowest BCUT2D eigenvalue weighted by Gasteiger charge is -2.14. The average molecular weight is 357 g/mol. The first-order chi connectivity index (χ1) is 13.8. The normalized spacial score (nSPS) is 12.4. The van der Waals surface area contributed by atoms with E-state index in [9.17, 15) is 4.79 Å². The highest BCUT2D eigenvalue weighted by molar-refractivity contribution is 6.29. The topological polar surface area (TPSA) is 30.0 Å². The van der Waals surface area contributed by atoms with Gasteiger partial charge in [0.25, 0.3) is 0 Å². The third-order valence-corrected chi connectivity index (χ3v) is 5.59. The van der Waals surface area contributed by atoms with Crippen LogP contribution in [0.3, 0.4) is 0 Å². The number of hydrogen-bond acceptors (Lipinski definition) is 2. The SMILES string of the molecule is O=C1c2ccccc2-c2nc3ccc4ccccc4c3c(-c3ccccc3)c21. The zero-order chi connectivity index (χ0) is 18.7. The van der Waals surface area contributed by atoms with E-state index in [1.165, 1.54) is 0 Å². The van der Waals surface area contributed by atoms with E-state index in [-0.39, 0.29) is 5.78 Å². The summed E-state index contributed by atoms with van der Waals surface area (Å²) in [6, 6.07) is 30.4. The summed E-state index contributed by atoms with van der Waals surface area (Å²) in [7, 11) is 0. The van der Waals surface area contributed by atoms with Gasteiger partial charge in [-0.2, -0.15) is 0 Å². The van der Waals surface area contributed by atoms with Crippen LogP contribution in [-0.4, -0.2) is 10.8 Å². The molecule has 0 saturated carbocycles. The first-order valence-corrected chi connectivity index (χ1v) is 9.38. The molecule has 1 aromatic heterocycles. The van der Waals surface area contributed by atoms with Crippen LogP contribution in [0.4, 0.5) is 0 Å². The number of nitrogens with zero attached hydrogens (tertiary/aromatic N) is 1. The molecule has 28 heavy (non-hydrogen) atoms. The minimum Gasteiger partial charge on any atom is -0.288 e. The largest absolute Gasteiger partial charge is 0.288 e. The summed E-state index contributed by atoms with van der Waals surface area (Å²) < 4.78 is 0. The predicted molar refractivity (Wildman–Crippen MR) is 114 cm³/mol. The van der Waals surface area contributed by atoms with E-state index in [0.29, 0.717) is 0 Å². The number of carbonyl (C=O) groups is 1. The molecule has 130 valence electrons. The van der Waals surface area contributed by atoms with Gasteiger partial charge in [0.15, 0.2) is 5.78 Å². The summed E-state index contributed by atoms with van der Waals surface area (Å²) in [6.07, 6.45) is 0. The molecule has 2 heteroatoms. The van der Waals surface area contributed by atoms with E-state index < -0.39 is 0 Å². The predicted octanol–water partition coefficient (Wildman–Crippen LogP) is 6.27. The van der Waals surface area contributed by atoms with Crippen molar-refractivity contribution in [1.29, 1.82) is 0 Å². The molecule has 2 nitrogen and oxygen atoms in total. The van der Waals surface area contributed by atoms with Gasteiger partial charge >= 0.3 is 0 Å². The average Bonchev–Trinajstić information content (AvgIpc) is 3.05. The minimum atomic E-state index is 0.0618. The molecule has 0 spiro atoms. The molecule has 4 aromatic carbocycles. The number of ketones is 1. The Bertz CT molecular complexity index is 1420. The Kier molecular flexibility index (Phi) is 3.06. The lowest BCUT2D eigenvalue weighted by molar-refractivity contribution is 0.104. The summed E-state index contributed by atoms with van der Waals surface area (Å²) in [5, 5.41) is 3.32. The maximum atomic E-state index is 13.4. The van der Waals surface area contributed by atoms with Crippen molar-refractivity contribution in [2.24, 2.45) is 0 Å². The van der Waals surface area contributed by atoms with Crippen LogP contribution in [0, 0.1) is 0 Å². The molecule has 5 aromatic rings. The van der Waals surface area contributed by atoms with Crippen LogP contribution in [0.25, 0.3) is 44.1 Å². The summed E-state index contributed by atoms with van der Waals surface area (Å²) >= 11 is 0. The lowest BCUT2D eigenvalue weighted by atomic mass is 9.91. The molecule has 1 heterocycles. The molecule has 0 radical (unpaired) electrons. The second kappa shape index (κ2) is 5.61. The van der Waals surface area contributed by atoms with Crippen molar-refractivity contribution in [2.75, 3.05) is 0 Å². The fraction of sp³-hybridized carbons (Fsp3) is 0. The van der Waals surface area contributed by atoms with E-state index >= 15 is 0 Å². The van der Waals surface area contributed by atoms with E-state index in [1.54, 1.807) is 0 Å². The van der Waals surface area contributed by atoms with Gasteiger partial charge in [0.2, 0.25) is 0 Å². The highest BCUT2D eigenvalue weighted by atomic mass is 16.1. The molecule has 0 aliphatic heterocycles. The summed E-state index contributed by atoms with van der Waals surface area (Å²) in [6.45, 7) is 0. The number of aromatic nitrogens is 1. The van der Waals surface area contributed by atoms with E-state index in [1.807, 2.05) is 54.6 Å². The van der Waals surface area contributed by atoms with Crippen LogP contribution < -0.4 is 0 Å². The Labute approximate surface area is 162 Å². The molecule has 0 atom stereocenters. The molecule has 0 unspecified atom stereocenters. The highest BCUT2D eigenvalue weighted by Crippen LogP contribution is 2.45. The quantitative estimate of drug-likeness (QED) is 0.325. The van der Waals surface area contributed by atoms with Gasteiger partial charge in [-0.05, 0) is 22.4 Å². The molecule has 0 N–H and O–H groups in total. The van der Waals surface area contributed by atoms with Crippen LogP contribution in [0.5, 0.6) is 0 Å². The van der Waals surface area contributed by atoms with Gasteiger partial charge in [0.1, 0.15) is 0 Å². The minimum absolute atomic E-state index is 0.0618. The third-order valence-electron chi connectivity index (χ3n) is 5.59. The van der Waals surface area contributed by atoms with Crippen molar-refractivity contribution < 1.29 is 4.79 Å². The van der Waals surface area contributed by atoms with Crippen molar-refractivity contribution >= 4 is 27.5 Å². The van der Waals surface area contributed by atoms with Gasteiger partial charge < -0.3 is 0 Å². The third kappa shape index (κ3) is 1.97. The maximum Gasteiger partial charge on any atom is 0.196 e. The Morgan fingerprint density at radius 3 is 2.18 bits per heavy atom. The first-order valence-electron chi connectivity index (χ1n) is 9.38. The van der Waals surface area contributed by atoms with Crippen LogP contribution >= 0.6 is 0 Å². The molecule has 1 aliphatic rings. The summed E-state index contributed by atoms with van der Waals surface area (Å²) in [5.74, 6) is 0.0618. The molecule has 0 bridgehead atoms. The Morgan fingerprint density at radius 1 is 0.607 bits per heavy atom. The molecule has 0 fully saturated rings. The zero-order valence-electron chi connectivity index (χ0n) is 15.0. The highest BCUT2D eigenvalue weighted by Gasteiger charge is 2.32. The number of fused-ring (bicyclic) bond motifs is 6. The molecule has 1 aliphatic carbocycles. The van der Waals surface area contributed by atoms with Crippen molar-refractivity contribution in [2.45, 2.75) is 0 Å². The summed E-state index contributed by atoms with van der Waals surface area (Å²) in [5.41, 5.74) is 6.12. The van der Waals surface area contributed by atoms with E-state index in [2.05, 4.69) is 36.4 Å². The van der Waals surface area contributed by atoms with Gasteiger partial charge in [-0.15, -0.1) is 0 Å². The van der Waals surface area contributed by atoms with Crippen molar-refractivity contribution in [3.05, 3.63) is 102 Å². The van der Waals surface area contributed by atoms with Crippen molar-refractivity contribution in [3.8, 4) is 22.4 Å². The van der Waals surface area contributed by atoms with Crippen LogP contribution in [-0.2, 0) is 0 Å². The van der Waals surface area contributed by atoms with E-state index in [4.69, 9.17) is 4.98 Å². The van der Waals surface area contributed by atoms with Crippen molar-refractivity contribution in [3.63, 3.8) is 0 Å². The number of pyridine rings is 1. The van der Waals surface area contributed by atoms with Crippen molar-refractivity contribution in [1.82, 2.24) is 4.98 Å². The standard InChI is InChI=1S/C26H15NO/c28-26-20-13-7-6-12-19(20)25-24(26)22(17-9-2-1-3-10-17)23-18-11-5-4-8-16(18)14-15-21(23)27-25/h1-15H. The fourth-order valence-electron chi connectivity index (χ4n) is 4.37. The molecular formula is C26H15NO. The van der Waals surface area contributed by atoms with Crippen LogP contribution in [0.2, 0.25) is 0 Å². The molecular weight excluding hydrogens is 342 g/mol. The lowest BCUT2D eigenvalue weighted by Crippen LogP contribution is -2.01. The van der Waals surface area contributed by atoms with E-state index in [0.717, 1.165) is 55.2 Å². The first kappa shape index (κ1) is 15.3. The maximum absolute atomic E-state index is 13.4. The molecule has 0 saturated heterocycles. The monoisotopic (exact) mass is 357 g/mol. The smallest absolute Gasteiger partial charge is 0.196 e.